The van der Waals surface area contributed by atoms with Gasteiger partial charge in [0.15, 0.2) is 0 Å². The largest absolute Gasteiger partial charge is 0.379 e. The topological polar surface area (TPSA) is 64.3 Å². The van der Waals surface area contributed by atoms with Crippen molar-refractivity contribution in [3.05, 3.63) is 0 Å². The van der Waals surface area contributed by atoms with E-state index in [-0.39, 0.29) is 11.9 Å². The number of ether oxygens (including phenoxy) is 1. The van der Waals surface area contributed by atoms with Gasteiger partial charge < -0.3 is 10.5 Å². The summed E-state index contributed by atoms with van der Waals surface area (Å²) in [6, 6.07) is 0.235. The number of nitrogens with one attached hydrogen (secondary N) is 1. The SMILES string of the molecule is CCCOCC(NC(C)C)(C(N)=O)C1CC1. The molecule has 0 radical (unpaired) electrons. The number of primary amides is 1. The summed E-state index contributed by atoms with van der Waals surface area (Å²) in [5.74, 6) is 0.0732. The molecular formula is C12H24N2O2. The second kappa shape index (κ2) is 5.64. The van der Waals surface area contributed by atoms with Gasteiger partial charge in [-0.1, -0.05) is 6.92 Å². The fourth-order valence-corrected chi connectivity index (χ4v) is 2.09. The molecule has 1 saturated carbocycles. The predicted molar refractivity (Wildman–Crippen MR) is 64.0 cm³/mol. The average Bonchev–Trinajstić information content (AvgIpc) is 2.98. The number of nitrogens with two attached hydrogens (primary N) is 1. The standard InChI is InChI=1S/C12H24N2O2/c1-4-7-16-8-12(11(13)15,10-5-6-10)14-9(2)3/h9-10,14H,4-8H2,1-3H3,(H2,13,15). The molecule has 1 amide bonds. The smallest absolute Gasteiger partial charge is 0.240 e. The normalized spacial score (nSPS) is 19.8. The Morgan fingerprint density at radius 2 is 2.19 bits per heavy atom. The van der Waals surface area contributed by atoms with Crippen LogP contribution in [0.5, 0.6) is 0 Å². The highest BCUT2D eigenvalue weighted by molar-refractivity contribution is 5.85. The van der Waals surface area contributed by atoms with Crippen LogP contribution in [0.2, 0.25) is 0 Å². The fourth-order valence-electron chi connectivity index (χ4n) is 2.09. The highest BCUT2D eigenvalue weighted by atomic mass is 16.5. The van der Waals surface area contributed by atoms with Crippen LogP contribution in [0.15, 0.2) is 0 Å². The molecule has 1 aliphatic rings. The van der Waals surface area contributed by atoms with Crippen molar-refractivity contribution in [2.45, 2.75) is 51.6 Å². The maximum Gasteiger partial charge on any atom is 0.240 e. The number of carbonyl (C=O) groups excluding carboxylic acids is 1. The highest BCUT2D eigenvalue weighted by Crippen LogP contribution is 2.40. The van der Waals surface area contributed by atoms with E-state index in [4.69, 9.17) is 10.5 Å². The van der Waals surface area contributed by atoms with Crippen LogP contribution in [0.25, 0.3) is 0 Å². The van der Waals surface area contributed by atoms with Crippen molar-refractivity contribution < 1.29 is 9.53 Å². The summed E-state index contributed by atoms with van der Waals surface area (Å²) in [7, 11) is 0. The lowest BCUT2D eigenvalue weighted by atomic mass is 9.92. The second-order valence-corrected chi connectivity index (χ2v) is 4.96. The van der Waals surface area contributed by atoms with Gasteiger partial charge in [-0.2, -0.15) is 0 Å². The minimum Gasteiger partial charge on any atom is -0.379 e. The quantitative estimate of drug-likeness (QED) is 0.610. The Morgan fingerprint density at radius 3 is 2.56 bits per heavy atom. The van der Waals surface area contributed by atoms with Gasteiger partial charge in [-0.3, -0.25) is 10.1 Å². The summed E-state index contributed by atoms with van der Waals surface area (Å²) in [4.78, 5) is 11.7. The van der Waals surface area contributed by atoms with Gasteiger partial charge in [-0.05, 0) is 39.0 Å². The number of carbonyl (C=O) groups is 1. The molecule has 0 aromatic carbocycles. The predicted octanol–water partition coefficient (Wildman–Crippen LogP) is 1.05. The van der Waals surface area contributed by atoms with E-state index < -0.39 is 5.54 Å². The van der Waals surface area contributed by atoms with E-state index in [0.717, 1.165) is 19.3 Å². The Bertz CT molecular complexity index is 239. The molecule has 4 heteroatoms. The highest BCUT2D eigenvalue weighted by Gasteiger charge is 2.50. The molecule has 1 rings (SSSR count). The summed E-state index contributed by atoms with van der Waals surface area (Å²) in [6.07, 6.45) is 3.09. The van der Waals surface area contributed by atoms with Crippen LogP contribution in [0, 0.1) is 5.92 Å². The zero-order chi connectivity index (χ0) is 12.2. The Labute approximate surface area is 97.9 Å². The lowest BCUT2D eigenvalue weighted by Crippen LogP contribution is -2.62. The van der Waals surface area contributed by atoms with Crippen LogP contribution < -0.4 is 11.1 Å². The van der Waals surface area contributed by atoms with Crippen LogP contribution in [0.1, 0.15) is 40.0 Å². The van der Waals surface area contributed by atoms with Gasteiger partial charge in [-0.15, -0.1) is 0 Å². The Hall–Kier alpha value is -0.610. The molecule has 0 heterocycles. The van der Waals surface area contributed by atoms with E-state index in [2.05, 4.69) is 12.2 Å². The summed E-state index contributed by atoms with van der Waals surface area (Å²) < 4.78 is 5.55. The van der Waals surface area contributed by atoms with Crippen molar-refractivity contribution in [3.8, 4) is 0 Å². The van der Waals surface area contributed by atoms with E-state index in [1.54, 1.807) is 0 Å². The number of amides is 1. The molecule has 1 atom stereocenters. The molecule has 1 aliphatic carbocycles. The third kappa shape index (κ3) is 3.19. The zero-order valence-electron chi connectivity index (χ0n) is 10.6. The van der Waals surface area contributed by atoms with Crippen molar-refractivity contribution in [1.29, 1.82) is 0 Å². The molecule has 0 bridgehead atoms. The van der Waals surface area contributed by atoms with E-state index in [0.29, 0.717) is 19.1 Å². The number of hydrogen-bond donors (Lipinski definition) is 2. The second-order valence-electron chi connectivity index (χ2n) is 4.96. The first-order valence-electron chi connectivity index (χ1n) is 6.18. The van der Waals surface area contributed by atoms with Crippen LogP contribution >= 0.6 is 0 Å². The lowest BCUT2D eigenvalue weighted by Gasteiger charge is -2.33. The van der Waals surface area contributed by atoms with E-state index in [1.807, 2.05) is 13.8 Å². The third-order valence-electron chi connectivity index (χ3n) is 2.94. The Balaban J connectivity index is 2.67. The summed E-state index contributed by atoms with van der Waals surface area (Å²) in [5, 5.41) is 3.31. The molecule has 0 aliphatic heterocycles. The van der Waals surface area contributed by atoms with Crippen LogP contribution in [0.3, 0.4) is 0 Å². The van der Waals surface area contributed by atoms with Crippen molar-refractivity contribution in [1.82, 2.24) is 5.32 Å². The zero-order valence-corrected chi connectivity index (χ0v) is 10.6. The number of rotatable bonds is 8. The van der Waals surface area contributed by atoms with Gasteiger partial charge in [0.25, 0.3) is 0 Å². The molecule has 1 unspecified atom stereocenters. The number of hydrogen-bond acceptors (Lipinski definition) is 3. The average molecular weight is 228 g/mol. The minimum absolute atomic E-state index is 0.235. The van der Waals surface area contributed by atoms with E-state index in [9.17, 15) is 4.79 Å². The molecule has 0 spiro atoms. The first-order valence-corrected chi connectivity index (χ1v) is 6.18. The summed E-state index contributed by atoms with van der Waals surface area (Å²) in [6.45, 7) is 7.19. The van der Waals surface area contributed by atoms with Crippen LogP contribution in [-0.2, 0) is 9.53 Å². The van der Waals surface area contributed by atoms with Crippen LogP contribution in [-0.4, -0.2) is 30.7 Å². The first-order chi connectivity index (χ1) is 7.53. The lowest BCUT2D eigenvalue weighted by molar-refractivity contribution is -0.128. The maximum absolute atomic E-state index is 11.7. The van der Waals surface area contributed by atoms with Crippen LogP contribution in [0.4, 0.5) is 0 Å². The van der Waals surface area contributed by atoms with Crippen molar-refractivity contribution in [2.75, 3.05) is 13.2 Å². The molecule has 0 saturated heterocycles. The Kier molecular flexibility index (Phi) is 4.74. The third-order valence-corrected chi connectivity index (χ3v) is 2.94. The fraction of sp³-hybridized carbons (Fsp3) is 0.917. The van der Waals surface area contributed by atoms with E-state index >= 15 is 0 Å². The first kappa shape index (κ1) is 13.5. The van der Waals surface area contributed by atoms with Gasteiger partial charge >= 0.3 is 0 Å². The molecule has 3 N–H and O–H groups in total. The Morgan fingerprint density at radius 1 is 1.56 bits per heavy atom. The van der Waals surface area contributed by atoms with Gasteiger partial charge in [0, 0.05) is 12.6 Å². The molecule has 0 aromatic rings. The van der Waals surface area contributed by atoms with Crippen molar-refractivity contribution >= 4 is 5.91 Å². The van der Waals surface area contributed by atoms with Crippen molar-refractivity contribution in [2.24, 2.45) is 11.7 Å². The minimum atomic E-state index is -0.649. The van der Waals surface area contributed by atoms with Gasteiger partial charge in [0.2, 0.25) is 5.91 Å². The molecule has 0 aromatic heterocycles. The van der Waals surface area contributed by atoms with Gasteiger partial charge in [0.1, 0.15) is 5.54 Å². The molecule has 4 nitrogen and oxygen atoms in total. The molecular weight excluding hydrogens is 204 g/mol. The van der Waals surface area contributed by atoms with Crippen molar-refractivity contribution in [3.63, 3.8) is 0 Å². The molecule has 16 heavy (non-hydrogen) atoms. The summed E-state index contributed by atoms with van der Waals surface area (Å²) >= 11 is 0. The molecule has 94 valence electrons. The summed E-state index contributed by atoms with van der Waals surface area (Å²) in [5.41, 5.74) is 4.91. The van der Waals surface area contributed by atoms with Gasteiger partial charge in [-0.25, -0.2) is 0 Å². The van der Waals surface area contributed by atoms with Gasteiger partial charge in [0.05, 0.1) is 6.61 Å². The monoisotopic (exact) mass is 228 g/mol. The molecule has 1 fully saturated rings. The maximum atomic E-state index is 11.7. The van der Waals surface area contributed by atoms with E-state index in [1.165, 1.54) is 0 Å².